The Morgan fingerprint density at radius 2 is 2.36 bits per heavy atom. The van der Waals surface area contributed by atoms with Gasteiger partial charge in [-0.05, 0) is 13.1 Å². The third-order valence-electron chi connectivity index (χ3n) is 1.50. The Morgan fingerprint density at radius 1 is 1.64 bits per heavy atom. The van der Waals surface area contributed by atoms with Crippen LogP contribution in [0.1, 0.15) is 0 Å². The van der Waals surface area contributed by atoms with Crippen LogP contribution in [-0.4, -0.2) is 26.8 Å². The van der Waals surface area contributed by atoms with E-state index >= 15 is 0 Å². The number of nitrogens with one attached hydrogen (secondary N) is 1. The van der Waals surface area contributed by atoms with Gasteiger partial charge < -0.3 is 5.73 Å². The average molecular weight is 214 g/mol. The van der Waals surface area contributed by atoms with Gasteiger partial charge in [-0.15, -0.1) is 0 Å². The fourth-order valence-electron chi connectivity index (χ4n) is 0.832. The van der Waals surface area contributed by atoms with Gasteiger partial charge in [-0.25, -0.2) is 23.1 Å². The molecule has 0 amide bonds. The fraction of sp³-hybridized carbons (Fsp3) is 0.143. The van der Waals surface area contributed by atoms with Crippen molar-refractivity contribution in [1.29, 1.82) is 0 Å². The van der Waals surface area contributed by atoms with E-state index in [9.17, 15) is 8.42 Å². The van der Waals surface area contributed by atoms with Crippen molar-refractivity contribution < 1.29 is 8.42 Å². The molecule has 1 rings (SSSR count). The molecule has 1 aromatic rings. The first kappa shape index (κ1) is 10.6. The highest BCUT2D eigenvalue weighted by Crippen LogP contribution is 2.13. The second-order valence-corrected chi connectivity index (χ2v) is 4.22. The highest BCUT2D eigenvalue weighted by molar-refractivity contribution is 7.89. The minimum absolute atomic E-state index is 0.107. The number of pyridine rings is 1. The van der Waals surface area contributed by atoms with Crippen molar-refractivity contribution in [2.24, 2.45) is 10.7 Å². The minimum Gasteiger partial charge on any atom is -0.390 e. The van der Waals surface area contributed by atoms with Crippen LogP contribution < -0.4 is 10.5 Å². The molecule has 0 aliphatic carbocycles. The van der Waals surface area contributed by atoms with Crippen molar-refractivity contribution in [3.63, 3.8) is 0 Å². The second-order valence-electron chi connectivity index (χ2n) is 2.34. The first-order valence-electron chi connectivity index (χ1n) is 3.74. The van der Waals surface area contributed by atoms with Crippen LogP contribution in [0.5, 0.6) is 0 Å². The third kappa shape index (κ3) is 2.27. The molecular weight excluding hydrogens is 204 g/mol. The molecule has 7 heteroatoms. The summed E-state index contributed by atoms with van der Waals surface area (Å²) in [7, 11) is -2.11. The Labute approximate surface area is 81.9 Å². The Hall–Kier alpha value is -1.47. The quantitative estimate of drug-likeness (QED) is 0.528. The summed E-state index contributed by atoms with van der Waals surface area (Å²) in [5.74, 6) is 0.254. The van der Waals surface area contributed by atoms with Crippen molar-refractivity contribution in [2.75, 3.05) is 7.05 Å². The molecule has 0 spiro atoms. The predicted molar refractivity (Wildman–Crippen MR) is 52.8 cm³/mol. The monoisotopic (exact) mass is 214 g/mol. The van der Waals surface area contributed by atoms with Crippen molar-refractivity contribution in [3.05, 3.63) is 18.3 Å². The van der Waals surface area contributed by atoms with Gasteiger partial charge in [0.15, 0.2) is 5.82 Å². The number of aliphatic imine (C=N–C) groups is 1. The van der Waals surface area contributed by atoms with Crippen molar-refractivity contribution in [2.45, 2.75) is 4.90 Å². The summed E-state index contributed by atoms with van der Waals surface area (Å²) in [6, 6.07) is 2.70. The molecule has 6 nitrogen and oxygen atoms in total. The summed E-state index contributed by atoms with van der Waals surface area (Å²) >= 11 is 0. The zero-order valence-electron chi connectivity index (χ0n) is 7.51. The second kappa shape index (κ2) is 4.16. The predicted octanol–water partition coefficient (Wildman–Crippen LogP) is -0.392. The van der Waals surface area contributed by atoms with Gasteiger partial charge in [0.25, 0.3) is 0 Å². The van der Waals surface area contributed by atoms with Crippen LogP contribution >= 0.6 is 0 Å². The maximum absolute atomic E-state index is 11.3. The van der Waals surface area contributed by atoms with Crippen molar-refractivity contribution in [3.8, 4) is 0 Å². The molecule has 0 unspecified atom stereocenters. The van der Waals surface area contributed by atoms with Gasteiger partial charge in [0, 0.05) is 12.3 Å². The molecule has 0 fully saturated rings. The number of nitrogens with two attached hydrogens (primary N) is 1. The van der Waals surface area contributed by atoms with Crippen LogP contribution in [0.15, 0.2) is 28.2 Å². The summed E-state index contributed by atoms with van der Waals surface area (Å²) in [5.41, 5.74) is 5.06. The molecule has 14 heavy (non-hydrogen) atoms. The zero-order chi connectivity index (χ0) is 10.6. The number of aromatic nitrogens is 1. The molecule has 1 heterocycles. The van der Waals surface area contributed by atoms with E-state index in [1.165, 1.54) is 25.4 Å². The van der Waals surface area contributed by atoms with Crippen LogP contribution in [0.25, 0.3) is 0 Å². The van der Waals surface area contributed by atoms with Crippen LogP contribution in [0, 0.1) is 0 Å². The van der Waals surface area contributed by atoms with E-state index in [4.69, 9.17) is 5.73 Å². The van der Waals surface area contributed by atoms with Gasteiger partial charge in [-0.3, -0.25) is 0 Å². The molecule has 0 saturated heterocycles. The minimum atomic E-state index is -3.44. The zero-order valence-corrected chi connectivity index (χ0v) is 8.32. The molecule has 0 aliphatic rings. The van der Waals surface area contributed by atoms with E-state index in [2.05, 4.69) is 14.7 Å². The lowest BCUT2D eigenvalue weighted by Gasteiger charge is -2.01. The van der Waals surface area contributed by atoms with Crippen LogP contribution in [0.2, 0.25) is 0 Å². The highest BCUT2D eigenvalue weighted by Gasteiger charge is 2.11. The third-order valence-corrected chi connectivity index (χ3v) is 2.91. The molecule has 1 aromatic heterocycles. The largest absolute Gasteiger partial charge is 0.390 e. The molecule has 3 N–H and O–H groups in total. The maximum Gasteiger partial charge on any atom is 0.240 e. The first-order chi connectivity index (χ1) is 6.60. The van der Waals surface area contributed by atoms with Crippen LogP contribution in [0.3, 0.4) is 0 Å². The smallest absolute Gasteiger partial charge is 0.240 e. The van der Waals surface area contributed by atoms with E-state index in [-0.39, 0.29) is 10.7 Å². The fourth-order valence-corrected chi connectivity index (χ4v) is 1.57. The van der Waals surface area contributed by atoms with E-state index in [1.807, 2.05) is 0 Å². The summed E-state index contributed by atoms with van der Waals surface area (Å²) in [4.78, 5) is 7.58. The van der Waals surface area contributed by atoms with E-state index in [0.717, 1.165) is 6.34 Å². The normalized spacial score (nSPS) is 12.1. The Kier molecular flexibility index (Phi) is 3.15. The van der Waals surface area contributed by atoms with Crippen molar-refractivity contribution >= 4 is 22.2 Å². The maximum atomic E-state index is 11.3. The van der Waals surface area contributed by atoms with E-state index in [0.29, 0.717) is 0 Å². The topological polar surface area (TPSA) is 97.4 Å². The van der Waals surface area contributed by atoms with Gasteiger partial charge >= 0.3 is 0 Å². The molecule has 0 radical (unpaired) electrons. The van der Waals surface area contributed by atoms with Gasteiger partial charge in [-0.1, -0.05) is 0 Å². The average Bonchev–Trinajstić information content (AvgIpc) is 2.19. The Balaban J connectivity index is 3.19. The van der Waals surface area contributed by atoms with Crippen molar-refractivity contribution in [1.82, 2.24) is 9.71 Å². The summed E-state index contributed by atoms with van der Waals surface area (Å²) < 4.78 is 24.9. The molecule has 0 saturated carbocycles. The standard InChI is InChI=1S/C7H10N4O2S/c1-9-14(12,13)6-2-3-10-7(4-6)11-5-8/h2-5,9H,1H3,(H2,8,10,11). The van der Waals surface area contributed by atoms with Gasteiger partial charge in [0.1, 0.15) is 0 Å². The van der Waals surface area contributed by atoms with E-state index in [1.54, 1.807) is 0 Å². The molecule has 76 valence electrons. The van der Waals surface area contributed by atoms with Crippen LogP contribution in [0.4, 0.5) is 5.82 Å². The van der Waals surface area contributed by atoms with Gasteiger partial charge in [0.2, 0.25) is 10.0 Å². The molecule has 0 aromatic carbocycles. The Morgan fingerprint density at radius 3 is 2.93 bits per heavy atom. The number of sulfonamides is 1. The lowest BCUT2D eigenvalue weighted by Crippen LogP contribution is -2.18. The molecule has 0 aliphatic heterocycles. The number of hydrogen-bond acceptors (Lipinski definition) is 4. The Bertz CT molecular complexity index is 441. The lowest BCUT2D eigenvalue weighted by molar-refractivity contribution is 0.588. The van der Waals surface area contributed by atoms with Gasteiger partial charge in [0.05, 0.1) is 11.2 Å². The highest BCUT2D eigenvalue weighted by atomic mass is 32.2. The lowest BCUT2D eigenvalue weighted by atomic mass is 10.5. The molecule has 0 atom stereocenters. The number of nitrogens with zero attached hydrogens (tertiary/aromatic N) is 2. The van der Waals surface area contributed by atoms with Gasteiger partial charge in [-0.2, -0.15) is 0 Å². The first-order valence-corrected chi connectivity index (χ1v) is 5.22. The SMILES string of the molecule is CNS(=O)(=O)c1ccnc(N=CN)c1. The molecule has 0 bridgehead atoms. The summed E-state index contributed by atoms with van der Waals surface area (Å²) in [6.45, 7) is 0. The van der Waals surface area contributed by atoms with Crippen LogP contribution in [-0.2, 0) is 10.0 Å². The summed E-state index contributed by atoms with van der Waals surface area (Å²) in [5, 5.41) is 0. The summed E-state index contributed by atoms with van der Waals surface area (Å²) in [6.07, 6.45) is 2.41. The number of rotatable bonds is 3. The molecular formula is C7H10N4O2S. The number of hydrogen-bond donors (Lipinski definition) is 2. The van der Waals surface area contributed by atoms with E-state index < -0.39 is 10.0 Å².